The first-order valence-electron chi connectivity index (χ1n) is 8.84. The number of hydrogen-bond acceptors (Lipinski definition) is 3. The number of carbonyl (C=O) groups is 1. The van der Waals surface area contributed by atoms with Crippen molar-refractivity contribution in [3.05, 3.63) is 95.8 Å². The Bertz CT molecular complexity index is 1110. The first-order valence-corrected chi connectivity index (χ1v) is 8.84. The molecule has 4 nitrogen and oxygen atoms in total. The molecular weight excluding hydrogens is 334 g/mol. The van der Waals surface area contributed by atoms with Gasteiger partial charge in [-0.05, 0) is 36.8 Å². The van der Waals surface area contributed by atoms with E-state index in [1.54, 1.807) is 12.4 Å². The van der Waals surface area contributed by atoms with Gasteiger partial charge in [0.05, 0.1) is 16.8 Å². The first kappa shape index (κ1) is 16.9. The molecule has 0 atom stereocenters. The summed E-state index contributed by atoms with van der Waals surface area (Å²) in [5.41, 5.74) is 5.38. The van der Waals surface area contributed by atoms with E-state index >= 15 is 0 Å². The lowest BCUT2D eigenvalue weighted by Crippen LogP contribution is -2.23. The third-order valence-corrected chi connectivity index (χ3v) is 4.47. The maximum absolute atomic E-state index is 12.9. The molecule has 132 valence electrons. The maximum atomic E-state index is 12.9. The van der Waals surface area contributed by atoms with Crippen molar-refractivity contribution in [1.82, 2.24) is 15.3 Å². The highest BCUT2D eigenvalue weighted by atomic mass is 16.1. The molecule has 0 spiro atoms. The molecule has 0 aliphatic heterocycles. The second-order valence-electron chi connectivity index (χ2n) is 6.48. The molecule has 2 aromatic heterocycles. The Labute approximate surface area is 157 Å². The summed E-state index contributed by atoms with van der Waals surface area (Å²) in [5, 5.41) is 3.88. The first-order chi connectivity index (χ1) is 13.2. The topological polar surface area (TPSA) is 54.9 Å². The SMILES string of the molecule is Cc1cccc(CNC(=O)c2cc(-c3ccncc3)nc3ccccc23)c1. The summed E-state index contributed by atoms with van der Waals surface area (Å²) >= 11 is 0. The maximum Gasteiger partial charge on any atom is 0.252 e. The molecule has 0 bridgehead atoms. The number of aromatic nitrogens is 2. The molecule has 4 heteroatoms. The summed E-state index contributed by atoms with van der Waals surface area (Å²) < 4.78 is 0. The third-order valence-electron chi connectivity index (χ3n) is 4.47. The Morgan fingerprint density at radius 1 is 0.963 bits per heavy atom. The van der Waals surface area contributed by atoms with E-state index in [0.29, 0.717) is 12.1 Å². The van der Waals surface area contributed by atoms with Crippen molar-refractivity contribution in [2.75, 3.05) is 0 Å². The van der Waals surface area contributed by atoms with Crippen LogP contribution in [0.4, 0.5) is 0 Å². The van der Waals surface area contributed by atoms with Gasteiger partial charge in [0, 0.05) is 29.9 Å². The highest BCUT2D eigenvalue weighted by molar-refractivity contribution is 6.07. The predicted molar refractivity (Wildman–Crippen MR) is 107 cm³/mol. The number of carbonyl (C=O) groups excluding carboxylic acids is 1. The van der Waals surface area contributed by atoms with Gasteiger partial charge in [0.25, 0.3) is 5.91 Å². The fraction of sp³-hybridized carbons (Fsp3) is 0.0870. The minimum Gasteiger partial charge on any atom is -0.348 e. The highest BCUT2D eigenvalue weighted by Gasteiger charge is 2.13. The van der Waals surface area contributed by atoms with E-state index in [9.17, 15) is 4.79 Å². The molecule has 0 fully saturated rings. The Balaban J connectivity index is 1.70. The van der Waals surface area contributed by atoms with Gasteiger partial charge < -0.3 is 5.32 Å². The second-order valence-corrected chi connectivity index (χ2v) is 6.48. The van der Waals surface area contributed by atoms with Crippen molar-refractivity contribution in [2.24, 2.45) is 0 Å². The van der Waals surface area contributed by atoms with Crippen LogP contribution in [0.5, 0.6) is 0 Å². The van der Waals surface area contributed by atoms with Gasteiger partial charge in [0.1, 0.15) is 0 Å². The zero-order chi connectivity index (χ0) is 18.6. The van der Waals surface area contributed by atoms with Gasteiger partial charge in [-0.15, -0.1) is 0 Å². The van der Waals surface area contributed by atoms with Gasteiger partial charge in [-0.1, -0.05) is 48.0 Å². The van der Waals surface area contributed by atoms with E-state index in [1.165, 1.54) is 5.56 Å². The van der Waals surface area contributed by atoms with Gasteiger partial charge in [0.2, 0.25) is 0 Å². The molecule has 0 saturated heterocycles. The number of amides is 1. The molecule has 27 heavy (non-hydrogen) atoms. The van der Waals surface area contributed by atoms with E-state index in [2.05, 4.69) is 16.4 Å². The fourth-order valence-corrected chi connectivity index (χ4v) is 3.13. The lowest BCUT2D eigenvalue weighted by atomic mass is 10.0. The van der Waals surface area contributed by atoms with Crippen molar-refractivity contribution >= 4 is 16.8 Å². The van der Waals surface area contributed by atoms with Crippen molar-refractivity contribution < 1.29 is 4.79 Å². The van der Waals surface area contributed by atoms with E-state index < -0.39 is 0 Å². The summed E-state index contributed by atoms with van der Waals surface area (Å²) in [6, 6.07) is 21.5. The number of benzene rings is 2. The van der Waals surface area contributed by atoms with Crippen LogP contribution in [0, 0.1) is 6.92 Å². The van der Waals surface area contributed by atoms with E-state index in [0.717, 1.165) is 27.7 Å². The zero-order valence-electron chi connectivity index (χ0n) is 15.0. The van der Waals surface area contributed by atoms with Gasteiger partial charge in [-0.25, -0.2) is 4.98 Å². The Hall–Kier alpha value is -3.53. The van der Waals surface area contributed by atoms with E-state index in [4.69, 9.17) is 4.98 Å². The minimum atomic E-state index is -0.106. The molecule has 2 aromatic carbocycles. The number of para-hydroxylation sites is 1. The van der Waals surface area contributed by atoms with Crippen LogP contribution in [-0.4, -0.2) is 15.9 Å². The molecule has 0 saturated carbocycles. The number of hydrogen-bond donors (Lipinski definition) is 1. The van der Waals surface area contributed by atoms with Gasteiger partial charge in [-0.3, -0.25) is 9.78 Å². The van der Waals surface area contributed by atoms with Crippen LogP contribution in [-0.2, 0) is 6.54 Å². The van der Waals surface area contributed by atoms with Gasteiger partial charge >= 0.3 is 0 Å². The standard InChI is InChI=1S/C23H19N3O/c1-16-5-4-6-17(13-16)15-25-23(27)20-14-22(18-9-11-24-12-10-18)26-21-8-3-2-7-19(20)21/h2-14H,15H2,1H3,(H,25,27). The smallest absolute Gasteiger partial charge is 0.252 e. The minimum absolute atomic E-state index is 0.106. The van der Waals surface area contributed by atoms with Crippen molar-refractivity contribution in [3.8, 4) is 11.3 Å². The second kappa shape index (κ2) is 7.38. The normalized spacial score (nSPS) is 10.7. The Kier molecular flexibility index (Phi) is 4.62. The van der Waals surface area contributed by atoms with Crippen LogP contribution in [0.3, 0.4) is 0 Å². The molecule has 1 N–H and O–H groups in total. The zero-order valence-corrected chi connectivity index (χ0v) is 15.0. The number of fused-ring (bicyclic) bond motifs is 1. The molecule has 1 amide bonds. The molecule has 0 unspecified atom stereocenters. The van der Waals surface area contributed by atoms with Crippen LogP contribution in [0.25, 0.3) is 22.2 Å². The summed E-state index contributed by atoms with van der Waals surface area (Å²) in [5.74, 6) is -0.106. The van der Waals surface area contributed by atoms with Crippen LogP contribution in [0.2, 0.25) is 0 Å². The Morgan fingerprint density at radius 3 is 2.59 bits per heavy atom. The predicted octanol–water partition coefficient (Wildman–Crippen LogP) is 4.54. The van der Waals surface area contributed by atoms with Crippen LogP contribution in [0.15, 0.2) is 79.1 Å². The van der Waals surface area contributed by atoms with Gasteiger partial charge in [0.15, 0.2) is 0 Å². The highest BCUT2D eigenvalue weighted by Crippen LogP contribution is 2.24. The van der Waals surface area contributed by atoms with E-state index in [1.807, 2.05) is 67.6 Å². The number of aryl methyl sites for hydroxylation is 1. The number of nitrogens with zero attached hydrogens (tertiary/aromatic N) is 2. The van der Waals surface area contributed by atoms with Crippen LogP contribution in [0.1, 0.15) is 21.5 Å². The molecule has 0 aliphatic carbocycles. The molecule has 4 aromatic rings. The average Bonchev–Trinajstić information content (AvgIpc) is 2.72. The Morgan fingerprint density at radius 2 is 1.78 bits per heavy atom. The third kappa shape index (κ3) is 3.70. The van der Waals surface area contributed by atoms with Crippen molar-refractivity contribution in [3.63, 3.8) is 0 Å². The summed E-state index contributed by atoms with van der Waals surface area (Å²) in [4.78, 5) is 21.7. The van der Waals surface area contributed by atoms with Crippen LogP contribution >= 0.6 is 0 Å². The largest absolute Gasteiger partial charge is 0.348 e. The lowest BCUT2D eigenvalue weighted by molar-refractivity contribution is 0.0952. The monoisotopic (exact) mass is 353 g/mol. The molecule has 0 aliphatic rings. The number of rotatable bonds is 4. The molecule has 2 heterocycles. The number of pyridine rings is 2. The van der Waals surface area contributed by atoms with E-state index in [-0.39, 0.29) is 5.91 Å². The fourth-order valence-electron chi connectivity index (χ4n) is 3.13. The molecule has 4 rings (SSSR count). The lowest BCUT2D eigenvalue weighted by Gasteiger charge is -2.11. The van der Waals surface area contributed by atoms with Crippen molar-refractivity contribution in [2.45, 2.75) is 13.5 Å². The molecule has 0 radical (unpaired) electrons. The van der Waals surface area contributed by atoms with Crippen molar-refractivity contribution in [1.29, 1.82) is 0 Å². The molecular formula is C23H19N3O. The summed E-state index contributed by atoms with van der Waals surface area (Å²) in [6.45, 7) is 2.53. The van der Waals surface area contributed by atoms with Gasteiger partial charge in [-0.2, -0.15) is 0 Å². The quantitative estimate of drug-likeness (QED) is 0.586. The number of nitrogens with one attached hydrogen (secondary N) is 1. The van der Waals surface area contributed by atoms with Crippen LogP contribution < -0.4 is 5.32 Å². The average molecular weight is 353 g/mol. The summed E-state index contributed by atoms with van der Waals surface area (Å²) in [6.07, 6.45) is 3.45. The summed E-state index contributed by atoms with van der Waals surface area (Å²) in [7, 11) is 0.